The molecule has 1 amide bonds. The molecule has 0 saturated heterocycles. The molecular formula is C13H29N3O. The summed E-state index contributed by atoms with van der Waals surface area (Å²) in [5.41, 5.74) is -0.00907. The average Bonchev–Trinajstić information content (AvgIpc) is 2.24. The number of nitrogens with zero attached hydrogens (tertiary/aromatic N) is 1. The summed E-state index contributed by atoms with van der Waals surface area (Å²) >= 11 is 0. The Labute approximate surface area is 106 Å². The van der Waals surface area contributed by atoms with E-state index in [9.17, 15) is 4.79 Å². The second-order valence-electron chi connectivity index (χ2n) is 5.69. The fourth-order valence-electron chi connectivity index (χ4n) is 1.31. The number of amides is 1. The molecule has 0 fully saturated rings. The normalized spacial score (nSPS) is 13.8. The molecule has 0 aliphatic carbocycles. The maximum atomic E-state index is 11.5. The van der Waals surface area contributed by atoms with E-state index in [2.05, 4.69) is 57.2 Å². The third-order valence-electron chi connectivity index (χ3n) is 2.91. The molecular weight excluding hydrogens is 214 g/mol. The molecule has 2 N–H and O–H groups in total. The predicted molar refractivity (Wildman–Crippen MR) is 73.1 cm³/mol. The van der Waals surface area contributed by atoms with Gasteiger partial charge in [-0.1, -0.05) is 6.92 Å². The summed E-state index contributed by atoms with van der Waals surface area (Å²) in [6.07, 6.45) is 1.13. The molecule has 1 atom stereocenters. The lowest BCUT2D eigenvalue weighted by molar-refractivity contribution is -0.120. The van der Waals surface area contributed by atoms with Crippen LogP contribution in [-0.4, -0.2) is 49.1 Å². The minimum atomic E-state index is -0.00907. The number of rotatable bonds is 7. The minimum Gasteiger partial charge on any atom is -0.354 e. The first-order chi connectivity index (χ1) is 7.76. The van der Waals surface area contributed by atoms with Gasteiger partial charge < -0.3 is 15.5 Å². The fourth-order valence-corrected chi connectivity index (χ4v) is 1.31. The van der Waals surface area contributed by atoms with Gasteiger partial charge in [-0.3, -0.25) is 4.79 Å². The van der Waals surface area contributed by atoms with Crippen LogP contribution in [-0.2, 0) is 4.79 Å². The van der Waals surface area contributed by atoms with Crippen LogP contribution in [0.25, 0.3) is 0 Å². The van der Waals surface area contributed by atoms with E-state index in [4.69, 9.17) is 0 Å². The number of carbonyl (C=O) groups excluding carboxylic acids is 1. The molecule has 0 spiro atoms. The minimum absolute atomic E-state index is 0.00907. The molecule has 102 valence electrons. The summed E-state index contributed by atoms with van der Waals surface area (Å²) in [4.78, 5) is 13.8. The Morgan fingerprint density at radius 3 is 2.41 bits per heavy atom. The zero-order chi connectivity index (χ0) is 13.5. The van der Waals surface area contributed by atoms with E-state index in [1.807, 2.05) is 0 Å². The number of carbonyl (C=O) groups is 1. The highest BCUT2D eigenvalue weighted by Crippen LogP contribution is 1.98. The molecule has 4 nitrogen and oxygen atoms in total. The fraction of sp³-hybridized carbons (Fsp3) is 0.923. The summed E-state index contributed by atoms with van der Waals surface area (Å²) < 4.78 is 0. The van der Waals surface area contributed by atoms with Crippen LogP contribution in [0.2, 0.25) is 0 Å². The van der Waals surface area contributed by atoms with E-state index in [1.165, 1.54) is 0 Å². The summed E-state index contributed by atoms with van der Waals surface area (Å²) in [7, 11) is 2.09. The molecule has 0 aromatic carbocycles. The van der Waals surface area contributed by atoms with Crippen LogP contribution < -0.4 is 10.6 Å². The molecule has 17 heavy (non-hydrogen) atoms. The Morgan fingerprint density at radius 1 is 1.35 bits per heavy atom. The number of likely N-dealkylation sites (N-methyl/N-ethyl adjacent to an activating group) is 1. The van der Waals surface area contributed by atoms with Crippen molar-refractivity contribution in [2.45, 2.75) is 52.6 Å². The van der Waals surface area contributed by atoms with Crippen molar-refractivity contribution in [2.75, 3.05) is 26.7 Å². The lowest BCUT2D eigenvalue weighted by atomic mass is 10.1. The maximum absolute atomic E-state index is 11.5. The van der Waals surface area contributed by atoms with E-state index >= 15 is 0 Å². The zero-order valence-electron chi connectivity index (χ0n) is 12.3. The van der Waals surface area contributed by atoms with Crippen molar-refractivity contribution in [1.82, 2.24) is 15.5 Å². The molecule has 0 radical (unpaired) electrons. The number of hydrogen-bond acceptors (Lipinski definition) is 3. The molecule has 0 rings (SSSR count). The first kappa shape index (κ1) is 16.4. The number of hydrogen-bond donors (Lipinski definition) is 2. The second kappa shape index (κ2) is 7.67. The van der Waals surface area contributed by atoms with Gasteiger partial charge in [-0.2, -0.15) is 0 Å². The molecule has 4 heteroatoms. The lowest BCUT2D eigenvalue weighted by Gasteiger charge is -2.24. The smallest absolute Gasteiger partial charge is 0.234 e. The lowest BCUT2D eigenvalue weighted by Crippen LogP contribution is -2.45. The van der Waals surface area contributed by atoms with Crippen LogP contribution in [0.3, 0.4) is 0 Å². The second-order valence-corrected chi connectivity index (χ2v) is 5.69. The van der Waals surface area contributed by atoms with Crippen LogP contribution in [0, 0.1) is 0 Å². The van der Waals surface area contributed by atoms with Crippen LogP contribution in [0.4, 0.5) is 0 Å². The van der Waals surface area contributed by atoms with E-state index in [0.717, 1.165) is 13.0 Å². The van der Waals surface area contributed by atoms with E-state index in [0.29, 0.717) is 19.1 Å². The van der Waals surface area contributed by atoms with Crippen LogP contribution in [0.1, 0.15) is 41.0 Å². The van der Waals surface area contributed by atoms with Crippen molar-refractivity contribution in [3.63, 3.8) is 0 Å². The highest BCUT2D eigenvalue weighted by atomic mass is 16.1. The first-order valence-electron chi connectivity index (χ1n) is 6.48. The Morgan fingerprint density at radius 2 is 1.94 bits per heavy atom. The Bertz CT molecular complexity index is 223. The summed E-state index contributed by atoms with van der Waals surface area (Å²) in [5.74, 6) is 0.0671. The van der Waals surface area contributed by atoms with E-state index < -0.39 is 0 Å². The molecule has 0 aromatic heterocycles. The van der Waals surface area contributed by atoms with Crippen LogP contribution in [0.15, 0.2) is 0 Å². The highest BCUT2D eigenvalue weighted by Gasteiger charge is 2.11. The molecule has 0 aliphatic heterocycles. The van der Waals surface area contributed by atoms with Gasteiger partial charge in [-0.15, -0.1) is 0 Å². The van der Waals surface area contributed by atoms with Gasteiger partial charge in [-0.05, 0) is 41.2 Å². The quantitative estimate of drug-likeness (QED) is 0.707. The summed E-state index contributed by atoms with van der Waals surface area (Å²) in [5, 5.41) is 6.09. The predicted octanol–water partition coefficient (Wildman–Crippen LogP) is 1.22. The van der Waals surface area contributed by atoms with Gasteiger partial charge in [0.25, 0.3) is 0 Å². The van der Waals surface area contributed by atoms with Crippen molar-refractivity contribution in [1.29, 1.82) is 0 Å². The number of nitrogens with one attached hydrogen (secondary N) is 2. The molecule has 1 unspecified atom stereocenters. The van der Waals surface area contributed by atoms with Crippen molar-refractivity contribution in [3.8, 4) is 0 Å². The van der Waals surface area contributed by atoms with Gasteiger partial charge in [0.15, 0.2) is 0 Å². The van der Waals surface area contributed by atoms with Crippen LogP contribution in [0.5, 0.6) is 0 Å². The standard InChI is InChI=1S/C13H29N3O/c1-7-11(2)16(6)9-8-14-12(17)10-15-13(3,4)5/h11,15H,7-10H2,1-6H3,(H,14,17). The van der Waals surface area contributed by atoms with Gasteiger partial charge in [-0.25, -0.2) is 0 Å². The highest BCUT2D eigenvalue weighted by molar-refractivity contribution is 5.78. The summed E-state index contributed by atoms with van der Waals surface area (Å²) in [6.45, 7) is 12.5. The van der Waals surface area contributed by atoms with Gasteiger partial charge in [0, 0.05) is 24.7 Å². The zero-order valence-corrected chi connectivity index (χ0v) is 12.3. The summed E-state index contributed by atoms with van der Waals surface area (Å²) in [6, 6.07) is 0.569. The van der Waals surface area contributed by atoms with Gasteiger partial charge in [0.1, 0.15) is 0 Å². The largest absolute Gasteiger partial charge is 0.354 e. The van der Waals surface area contributed by atoms with E-state index in [1.54, 1.807) is 0 Å². The molecule has 0 heterocycles. The SMILES string of the molecule is CCC(C)N(C)CCNC(=O)CNC(C)(C)C. The van der Waals surface area contributed by atoms with Gasteiger partial charge in [0.05, 0.1) is 6.54 Å². The molecule has 0 saturated carbocycles. The van der Waals surface area contributed by atoms with Crippen LogP contribution >= 0.6 is 0 Å². The molecule has 0 aliphatic rings. The average molecular weight is 243 g/mol. The Hall–Kier alpha value is -0.610. The van der Waals surface area contributed by atoms with Gasteiger partial charge in [0.2, 0.25) is 5.91 Å². The van der Waals surface area contributed by atoms with Crippen molar-refractivity contribution < 1.29 is 4.79 Å². The topological polar surface area (TPSA) is 44.4 Å². The molecule has 0 aromatic rings. The Balaban J connectivity index is 3.65. The van der Waals surface area contributed by atoms with Crippen molar-refractivity contribution >= 4 is 5.91 Å². The van der Waals surface area contributed by atoms with Gasteiger partial charge >= 0.3 is 0 Å². The maximum Gasteiger partial charge on any atom is 0.234 e. The monoisotopic (exact) mass is 243 g/mol. The molecule has 0 bridgehead atoms. The van der Waals surface area contributed by atoms with Crippen molar-refractivity contribution in [3.05, 3.63) is 0 Å². The van der Waals surface area contributed by atoms with E-state index in [-0.39, 0.29) is 11.4 Å². The Kier molecular flexibility index (Phi) is 7.39. The first-order valence-corrected chi connectivity index (χ1v) is 6.48. The van der Waals surface area contributed by atoms with Crippen molar-refractivity contribution in [2.24, 2.45) is 0 Å². The third-order valence-corrected chi connectivity index (χ3v) is 2.91. The third kappa shape index (κ3) is 9.12.